The van der Waals surface area contributed by atoms with Crippen molar-refractivity contribution < 1.29 is 14.0 Å². The van der Waals surface area contributed by atoms with Gasteiger partial charge in [0.25, 0.3) is 0 Å². The fraction of sp³-hybridized carbons (Fsp3) is 0.842. The third-order valence-electron chi connectivity index (χ3n) is 5.58. The van der Waals surface area contributed by atoms with Crippen molar-refractivity contribution in [1.29, 1.82) is 5.26 Å². The monoisotopic (exact) mass is 366 g/mol. The Bertz CT molecular complexity index is 574. The van der Waals surface area contributed by atoms with Gasteiger partial charge < -0.3 is 15.1 Å². The van der Waals surface area contributed by atoms with Crippen LogP contribution in [0.2, 0.25) is 0 Å². The van der Waals surface area contributed by atoms with Crippen molar-refractivity contribution in [2.45, 2.75) is 89.6 Å². The highest BCUT2D eigenvalue weighted by molar-refractivity contribution is 5.80. The largest absolute Gasteiger partial charge is 0.337 e. The second kappa shape index (κ2) is 8.34. The number of carbonyl (C=O) groups excluding carboxylic acids is 2. The first-order valence-corrected chi connectivity index (χ1v) is 9.57. The SMILES string of the molecule is CCC1CCC(C)N1C(=O)CC(C)(C)NCC(=O)N1C[C@@H](F)C[C@H]1C#N. The van der Waals surface area contributed by atoms with Crippen LogP contribution in [0.5, 0.6) is 0 Å². The Kier molecular flexibility index (Phi) is 6.62. The molecule has 0 radical (unpaired) electrons. The van der Waals surface area contributed by atoms with Gasteiger partial charge >= 0.3 is 0 Å². The van der Waals surface area contributed by atoms with E-state index in [1.165, 1.54) is 4.90 Å². The highest BCUT2D eigenvalue weighted by Crippen LogP contribution is 2.28. The minimum Gasteiger partial charge on any atom is -0.337 e. The zero-order valence-electron chi connectivity index (χ0n) is 16.3. The molecule has 2 saturated heterocycles. The molecule has 6 nitrogen and oxygen atoms in total. The molecule has 2 amide bonds. The summed E-state index contributed by atoms with van der Waals surface area (Å²) in [6, 6.07) is 1.85. The third kappa shape index (κ3) is 4.73. The molecule has 0 saturated carbocycles. The summed E-state index contributed by atoms with van der Waals surface area (Å²) < 4.78 is 13.5. The number of likely N-dealkylation sites (tertiary alicyclic amines) is 2. The molecule has 0 aromatic rings. The molecule has 2 heterocycles. The predicted octanol–water partition coefficient (Wildman–Crippen LogP) is 2.00. The molecule has 0 aromatic heterocycles. The summed E-state index contributed by atoms with van der Waals surface area (Å²) in [5, 5.41) is 12.2. The quantitative estimate of drug-likeness (QED) is 0.780. The first-order chi connectivity index (χ1) is 12.2. The van der Waals surface area contributed by atoms with Crippen molar-refractivity contribution in [1.82, 2.24) is 15.1 Å². The molecule has 2 fully saturated rings. The number of hydrogen-bond donors (Lipinski definition) is 1. The van der Waals surface area contributed by atoms with Gasteiger partial charge in [0.1, 0.15) is 12.2 Å². The first-order valence-electron chi connectivity index (χ1n) is 9.57. The number of rotatable bonds is 6. The van der Waals surface area contributed by atoms with Crippen LogP contribution in [0.15, 0.2) is 0 Å². The van der Waals surface area contributed by atoms with E-state index in [9.17, 15) is 14.0 Å². The minimum atomic E-state index is -1.14. The standard InChI is InChI=1S/C19H31FN4O2/c1-5-15-7-6-13(2)24(15)17(25)9-19(3,4)22-11-18(26)23-12-14(20)8-16(23)10-21/h13-16,22H,5-9,11-12H2,1-4H3/t13?,14-,15?,16-/m0/s1. The molecule has 7 heteroatoms. The zero-order chi connectivity index (χ0) is 19.5. The molecule has 0 bridgehead atoms. The van der Waals surface area contributed by atoms with Gasteiger partial charge in [-0.15, -0.1) is 0 Å². The number of amides is 2. The summed E-state index contributed by atoms with van der Waals surface area (Å²) in [5.41, 5.74) is -0.551. The Morgan fingerprint density at radius 3 is 2.62 bits per heavy atom. The number of nitriles is 1. The number of halogens is 1. The summed E-state index contributed by atoms with van der Waals surface area (Å²) in [5.74, 6) is -0.190. The van der Waals surface area contributed by atoms with E-state index in [1.54, 1.807) is 0 Å². The van der Waals surface area contributed by atoms with Crippen molar-refractivity contribution in [3.05, 3.63) is 0 Å². The minimum absolute atomic E-state index is 0.00204. The van der Waals surface area contributed by atoms with Crippen LogP contribution in [-0.2, 0) is 9.59 Å². The predicted molar refractivity (Wildman–Crippen MR) is 96.9 cm³/mol. The first kappa shape index (κ1) is 20.6. The summed E-state index contributed by atoms with van der Waals surface area (Å²) in [6.07, 6.45) is 2.28. The van der Waals surface area contributed by atoms with E-state index < -0.39 is 17.8 Å². The number of hydrogen-bond acceptors (Lipinski definition) is 4. The molecule has 0 aromatic carbocycles. The zero-order valence-corrected chi connectivity index (χ0v) is 16.3. The molecular weight excluding hydrogens is 335 g/mol. The second-order valence-electron chi connectivity index (χ2n) is 8.23. The molecule has 2 aliphatic rings. The maximum absolute atomic E-state index is 13.5. The molecule has 2 unspecified atom stereocenters. The van der Waals surface area contributed by atoms with E-state index in [1.807, 2.05) is 24.8 Å². The van der Waals surface area contributed by atoms with E-state index in [-0.39, 0.29) is 37.4 Å². The van der Waals surface area contributed by atoms with Crippen LogP contribution < -0.4 is 5.32 Å². The number of nitrogens with zero attached hydrogens (tertiary/aromatic N) is 3. The molecular formula is C19H31FN4O2. The van der Waals surface area contributed by atoms with E-state index in [0.29, 0.717) is 12.5 Å². The highest BCUT2D eigenvalue weighted by Gasteiger charge is 2.37. The lowest BCUT2D eigenvalue weighted by molar-refractivity contribution is -0.136. The van der Waals surface area contributed by atoms with E-state index in [2.05, 4.69) is 19.2 Å². The normalized spacial score (nSPS) is 29.1. The van der Waals surface area contributed by atoms with Crippen LogP contribution >= 0.6 is 0 Å². The van der Waals surface area contributed by atoms with Gasteiger partial charge in [0.15, 0.2) is 0 Å². The summed E-state index contributed by atoms with van der Waals surface area (Å²) in [4.78, 5) is 28.4. The van der Waals surface area contributed by atoms with Gasteiger partial charge in [-0.2, -0.15) is 5.26 Å². The van der Waals surface area contributed by atoms with Crippen molar-refractivity contribution in [3.8, 4) is 6.07 Å². The third-order valence-corrected chi connectivity index (χ3v) is 5.58. The molecule has 2 rings (SSSR count). The molecule has 26 heavy (non-hydrogen) atoms. The van der Waals surface area contributed by atoms with Gasteiger partial charge in [0.05, 0.1) is 19.2 Å². The lowest BCUT2D eigenvalue weighted by atomic mass is 9.99. The number of nitrogens with one attached hydrogen (secondary N) is 1. The summed E-state index contributed by atoms with van der Waals surface area (Å²) >= 11 is 0. The van der Waals surface area contributed by atoms with Crippen LogP contribution in [0, 0.1) is 11.3 Å². The van der Waals surface area contributed by atoms with Gasteiger partial charge in [0, 0.05) is 30.5 Å². The molecule has 0 spiro atoms. The second-order valence-corrected chi connectivity index (χ2v) is 8.23. The topological polar surface area (TPSA) is 76.4 Å². The Morgan fingerprint density at radius 1 is 1.31 bits per heavy atom. The molecule has 2 aliphatic heterocycles. The van der Waals surface area contributed by atoms with Crippen LogP contribution in [-0.4, -0.2) is 64.5 Å². The van der Waals surface area contributed by atoms with Crippen molar-refractivity contribution in [2.75, 3.05) is 13.1 Å². The van der Waals surface area contributed by atoms with Crippen molar-refractivity contribution in [3.63, 3.8) is 0 Å². The highest BCUT2D eigenvalue weighted by atomic mass is 19.1. The van der Waals surface area contributed by atoms with Gasteiger partial charge in [-0.1, -0.05) is 6.92 Å². The number of carbonyl (C=O) groups is 2. The maximum atomic E-state index is 13.5. The fourth-order valence-electron chi connectivity index (χ4n) is 4.05. The summed E-state index contributed by atoms with van der Waals surface area (Å²) in [6.45, 7) is 7.94. The van der Waals surface area contributed by atoms with Crippen LogP contribution in [0.1, 0.15) is 59.8 Å². The average molecular weight is 366 g/mol. The van der Waals surface area contributed by atoms with E-state index >= 15 is 0 Å². The average Bonchev–Trinajstić information content (AvgIpc) is 3.14. The van der Waals surface area contributed by atoms with E-state index in [0.717, 1.165) is 19.3 Å². The maximum Gasteiger partial charge on any atom is 0.237 e. The molecule has 1 N–H and O–H groups in total. The van der Waals surface area contributed by atoms with E-state index in [4.69, 9.17) is 5.26 Å². The Labute approximate surface area is 155 Å². The Balaban J connectivity index is 1.89. The van der Waals surface area contributed by atoms with Gasteiger partial charge in [-0.05, 0) is 40.0 Å². The van der Waals surface area contributed by atoms with Crippen LogP contribution in [0.3, 0.4) is 0 Å². The van der Waals surface area contributed by atoms with Gasteiger partial charge in [-0.3, -0.25) is 9.59 Å². The summed E-state index contributed by atoms with van der Waals surface area (Å²) in [7, 11) is 0. The fourth-order valence-corrected chi connectivity index (χ4v) is 4.05. The number of alkyl halides is 1. The lowest BCUT2D eigenvalue weighted by Gasteiger charge is -2.33. The van der Waals surface area contributed by atoms with Crippen LogP contribution in [0.4, 0.5) is 4.39 Å². The van der Waals surface area contributed by atoms with Crippen LogP contribution in [0.25, 0.3) is 0 Å². The van der Waals surface area contributed by atoms with Gasteiger partial charge in [-0.25, -0.2) is 4.39 Å². The molecule has 4 atom stereocenters. The van der Waals surface area contributed by atoms with Crippen molar-refractivity contribution >= 4 is 11.8 Å². The lowest BCUT2D eigenvalue weighted by Crippen LogP contribution is -2.51. The van der Waals surface area contributed by atoms with Crippen molar-refractivity contribution in [2.24, 2.45) is 0 Å². The van der Waals surface area contributed by atoms with Gasteiger partial charge in [0.2, 0.25) is 11.8 Å². The Hall–Kier alpha value is -1.68. The Morgan fingerprint density at radius 2 is 2.00 bits per heavy atom. The smallest absolute Gasteiger partial charge is 0.237 e. The molecule has 146 valence electrons. The molecule has 0 aliphatic carbocycles.